The lowest BCUT2D eigenvalue weighted by molar-refractivity contribution is 0.0697. The molecule has 96 valence electrons. The highest BCUT2D eigenvalue weighted by Gasteiger charge is 2.18. The first kappa shape index (κ1) is 13.1. The molecule has 2 aromatic rings. The van der Waals surface area contributed by atoms with Gasteiger partial charge in [0.25, 0.3) is 0 Å². The van der Waals surface area contributed by atoms with Crippen molar-refractivity contribution in [1.29, 1.82) is 0 Å². The quantitative estimate of drug-likeness (QED) is 0.835. The monoisotopic (exact) mass is 265 g/mol. The third kappa shape index (κ3) is 2.89. The second-order valence-electron chi connectivity index (χ2n) is 4.56. The smallest absolute Gasteiger partial charge is 0.224 e. The van der Waals surface area contributed by atoms with Crippen LogP contribution in [0.25, 0.3) is 10.9 Å². The number of nitrogens with zero attached hydrogens (tertiary/aromatic N) is 2. The maximum atomic E-state index is 9.99. The van der Waals surface area contributed by atoms with Crippen LogP contribution in [0.5, 0.6) is 0 Å². The molecule has 0 aliphatic heterocycles. The van der Waals surface area contributed by atoms with Crippen molar-refractivity contribution < 1.29 is 5.11 Å². The molecule has 0 amide bonds. The van der Waals surface area contributed by atoms with Gasteiger partial charge in [-0.2, -0.15) is 0 Å². The van der Waals surface area contributed by atoms with E-state index in [4.69, 9.17) is 11.6 Å². The fourth-order valence-electron chi connectivity index (χ4n) is 1.58. The predicted octanol–water partition coefficient (Wildman–Crippen LogP) is 2.86. The molecule has 1 aromatic heterocycles. The van der Waals surface area contributed by atoms with Crippen molar-refractivity contribution >= 4 is 28.3 Å². The van der Waals surface area contributed by atoms with Crippen LogP contribution in [0.1, 0.15) is 20.3 Å². The van der Waals surface area contributed by atoms with Gasteiger partial charge in [-0.25, -0.2) is 9.97 Å². The van der Waals surface area contributed by atoms with Gasteiger partial charge in [0.2, 0.25) is 5.28 Å². The van der Waals surface area contributed by atoms with Gasteiger partial charge in [-0.05, 0) is 37.1 Å². The Morgan fingerprint density at radius 3 is 2.78 bits per heavy atom. The van der Waals surface area contributed by atoms with Crippen molar-refractivity contribution in [2.45, 2.75) is 25.9 Å². The maximum absolute atomic E-state index is 9.99. The molecular weight excluding hydrogens is 250 g/mol. The molecule has 0 spiro atoms. The number of para-hydroxylation sites is 1. The van der Waals surface area contributed by atoms with Gasteiger partial charge in [0.05, 0.1) is 11.1 Å². The number of aromatic nitrogens is 2. The second-order valence-corrected chi connectivity index (χ2v) is 4.90. The number of anilines is 1. The first-order chi connectivity index (χ1) is 8.52. The largest absolute Gasteiger partial charge is 0.388 e. The summed E-state index contributed by atoms with van der Waals surface area (Å²) >= 11 is 5.88. The van der Waals surface area contributed by atoms with Crippen LogP contribution in [0.15, 0.2) is 24.3 Å². The summed E-state index contributed by atoms with van der Waals surface area (Å²) in [5, 5.41) is 14.2. The first-order valence-electron chi connectivity index (χ1n) is 5.90. The summed E-state index contributed by atoms with van der Waals surface area (Å²) < 4.78 is 0. The summed E-state index contributed by atoms with van der Waals surface area (Å²) in [5.74, 6) is 0.652. The fraction of sp³-hybridized carbons (Fsp3) is 0.385. The van der Waals surface area contributed by atoms with Gasteiger partial charge in [0.1, 0.15) is 5.82 Å². The Balaban J connectivity index is 2.33. The van der Waals surface area contributed by atoms with Crippen molar-refractivity contribution in [3.8, 4) is 0 Å². The minimum absolute atomic E-state index is 0.201. The normalized spacial score (nSPS) is 14.4. The van der Waals surface area contributed by atoms with E-state index >= 15 is 0 Å². The SMILES string of the molecule is CCC(C)(O)CNc1nc(Cl)nc2ccccc12. The van der Waals surface area contributed by atoms with Crippen LogP contribution in [-0.2, 0) is 0 Å². The second kappa shape index (κ2) is 5.08. The van der Waals surface area contributed by atoms with E-state index in [9.17, 15) is 5.11 Å². The van der Waals surface area contributed by atoms with Crippen LogP contribution in [0.4, 0.5) is 5.82 Å². The van der Waals surface area contributed by atoms with Gasteiger partial charge in [-0.3, -0.25) is 0 Å². The number of nitrogens with one attached hydrogen (secondary N) is 1. The number of fused-ring (bicyclic) bond motifs is 1. The zero-order chi connectivity index (χ0) is 13.2. The fourth-order valence-corrected chi connectivity index (χ4v) is 1.76. The average Bonchev–Trinajstić information content (AvgIpc) is 2.36. The van der Waals surface area contributed by atoms with E-state index in [2.05, 4.69) is 15.3 Å². The van der Waals surface area contributed by atoms with E-state index < -0.39 is 5.60 Å². The molecule has 2 rings (SSSR count). The molecule has 0 saturated carbocycles. The van der Waals surface area contributed by atoms with E-state index in [-0.39, 0.29) is 5.28 Å². The van der Waals surface area contributed by atoms with Crippen LogP contribution in [-0.4, -0.2) is 27.2 Å². The number of hydrogen-bond acceptors (Lipinski definition) is 4. The summed E-state index contributed by atoms with van der Waals surface area (Å²) in [6.07, 6.45) is 0.663. The summed E-state index contributed by atoms with van der Waals surface area (Å²) in [4.78, 5) is 8.32. The van der Waals surface area contributed by atoms with Gasteiger partial charge in [0.15, 0.2) is 0 Å². The summed E-state index contributed by atoms with van der Waals surface area (Å²) in [5.41, 5.74) is 0.0227. The number of benzene rings is 1. The van der Waals surface area contributed by atoms with Crippen LogP contribution < -0.4 is 5.32 Å². The Labute approximate surface area is 111 Å². The van der Waals surface area contributed by atoms with E-state index in [0.29, 0.717) is 18.8 Å². The standard InChI is InChI=1S/C13H16ClN3O/c1-3-13(2,18)8-15-11-9-6-4-5-7-10(9)16-12(14)17-11/h4-7,18H,3,8H2,1-2H3,(H,15,16,17). The Morgan fingerprint density at radius 1 is 1.33 bits per heavy atom. The highest BCUT2D eigenvalue weighted by Crippen LogP contribution is 2.22. The number of hydrogen-bond donors (Lipinski definition) is 2. The minimum atomic E-state index is -0.765. The molecule has 0 aliphatic rings. The van der Waals surface area contributed by atoms with E-state index in [1.807, 2.05) is 31.2 Å². The average molecular weight is 266 g/mol. The highest BCUT2D eigenvalue weighted by atomic mass is 35.5. The van der Waals surface area contributed by atoms with Crippen LogP contribution >= 0.6 is 11.6 Å². The highest BCUT2D eigenvalue weighted by molar-refractivity contribution is 6.28. The van der Waals surface area contributed by atoms with Gasteiger partial charge in [0, 0.05) is 11.9 Å². The Hall–Kier alpha value is -1.39. The van der Waals surface area contributed by atoms with Crippen LogP contribution in [0, 0.1) is 0 Å². The molecule has 0 aliphatic carbocycles. The van der Waals surface area contributed by atoms with E-state index in [1.165, 1.54) is 0 Å². The molecular formula is C13H16ClN3O. The summed E-state index contributed by atoms with van der Waals surface area (Å²) in [6, 6.07) is 7.63. The molecule has 0 fully saturated rings. The number of halogens is 1. The molecule has 1 atom stereocenters. The molecule has 0 bridgehead atoms. The number of aliphatic hydroxyl groups is 1. The number of rotatable bonds is 4. The Morgan fingerprint density at radius 2 is 2.06 bits per heavy atom. The lowest BCUT2D eigenvalue weighted by Gasteiger charge is -2.22. The van der Waals surface area contributed by atoms with Crippen molar-refractivity contribution in [3.63, 3.8) is 0 Å². The molecule has 0 saturated heterocycles. The van der Waals surface area contributed by atoms with Crippen molar-refractivity contribution in [3.05, 3.63) is 29.5 Å². The molecule has 18 heavy (non-hydrogen) atoms. The van der Waals surface area contributed by atoms with Crippen molar-refractivity contribution in [2.24, 2.45) is 0 Å². The molecule has 2 N–H and O–H groups in total. The minimum Gasteiger partial charge on any atom is -0.388 e. The molecule has 1 unspecified atom stereocenters. The Kier molecular flexibility index (Phi) is 3.68. The lowest BCUT2D eigenvalue weighted by Crippen LogP contribution is -2.32. The third-order valence-corrected chi connectivity index (χ3v) is 3.14. The van der Waals surface area contributed by atoms with E-state index in [0.717, 1.165) is 10.9 Å². The first-order valence-corrected chi connectivity index (χ1v) is 6.28. The Bertz CT molecular complexity index is 557. The zero-order valence-electron chi connectivity index (χ0n) is 10.4. The molecule has 4 nitrogen and oxygen atoms in total. The third-order valence-electron chi connectivity index (χ3n) is 2.97. The lowest BCUT2D eigenvalue weighted by atomic mass is 10.0. The van der Waals surface area contributed by atoms with Gasteiger partial charge in [-0.15, -0.1) is 0 Å². The maximum Gasteiger partial charge on any atom is 0.224 e. The van der Waals surface area contributed by atoms with Crippen LogP contribution in [0.2, 0.25) is 5.28 Å². The molecule has 1 heterocycles. The summed E-state index contributed by atoms with van der Waals surface area (Å²) in [7, 11) is 0. The van der Waals surface area contributed by atoms with Gasteiger partial charge >= 0.3 is 0 Å². The van der Waals surface area contributed by atoms with Crippen molar-refractivity contribution in [2.75, 3.05) is 11.9 Å². The summed E-state index contributed by atoms with van der Waals surface area (Å²) in [6.45, 7) is 4.14. The molecule has 5 heteroatoms. The molecule has 0 radical (unpaired) electrons. The van der Waals surface area contributed by atoms with E-state index in [1.54, 1.807) is 6.92 Å². The molecule has 1 aromatic carbocycles. The van der Waals surface area contributed by atoms with Gasteiger partial charge < -0.3 is 10.4 Å². The zero-order valence-corrected chi connectivity index (χ0v) is 11.2. The predicted molar refractivity (Wildman–Crippen MR) is 74.0 cm³/mol. The topological polar surface area (TPSA) is 58.0 Å². The van der Waals surface area contributed by atoms with Gasteiger partial charge in [-0.1, -0.05) is 19.1 Å². The van der Waals surface area contributed by atoms with Crippen LogP contribution in [0.3, 0.4) is 0 Å². The van der Waals surface area contributed by atoms with Crippen molar-refractivity contribution in [1.82, 2.24) is 9.97 Å².